The van der Waals surface area contributed by atoms with Gasteiger partial charge in [-0.2, -0.15) is 0 Å². The van der Waals surface area contributed by atoms with Crippen LogP contribution in [0.4, 0.5) is 4.39 Å². The van der Waals surface area contributed by atoms with Crippen molar-refractivity contribution < 1.29 is 28.2 Å². The van der Waals surface area contributed by atoms with Crippen LogP contribution in [0, 0.1) is 5.82 Å². The third-order valence-electron chi connectivity index (χ3n) is 5.40. The molecule has 6 nitrogen and oxygen atoms in total. The largest absolute Gasteiger partial charge is 0.489 e. The Bertz CT molecular complexity index is 1090. The monoisotopic (exact) mass is 423 g/mol. The molecule has 0 fully saturated rings. The maximum Gasteiger partial charge on any atom is 0.340 e. The summed E-state index contributed by atoms with van der Waals surface area (Å²) in [6, 6.07) is 13.2. The summed E-state index contributed by atoms with van der Waals surface area (Å²) in [7, 11) is 1.26. The number of allylic oxidation sites excluding steroid dienone is 2. The van der Waals surface area contributed by atoms with Gasteiger partial charge in [0.1, 0.15) is 29.5 Å². The van der Waals surface area contributed by atoms with E-state index in [0.29, 0.717) is 47.5 Å². The number of hydrogen-bond donors (Lipinski definition) is 1. The number of benzene rings is 2. The summed E-state index contributed by atoms with van der Waals surface area (Å²) in [4.78, 5) is 25.2. The molecule has 0 saturated heterocycles. The highest BCUT2D eigenvalue weighted by Crippen LogP contribution is 2.44. The smallest absolute Gasteiger partial charge is 0.340 e. The third kappa shape index (κ3) is 4.17. The maximum absolute atomic E-state index is 13.3. The van der Waals surface area contributed by atoms with E-state index in [0.717, 1.165) is 0 Å². The molecule has 2 aromatic rings. The van der Waals surface area contributed by atoms with Crippen molar-refractivity contribution >= 4 is 11.8 Å². The van der Waals surface area contributed by atoms with Gasteiger partial charge < -0.3 is 19.9 Å². The number of halogens is 1. The Labute approximate surface area is 179 Å². The molecule has 0 aromatic heterocycles. The normalized spacial score (nSPS) is 18.4. The van der Waals surface area contributed by atoms with Crippen LogP contribution in [0.15, 0.2) is 71.3 Å². The lowest BCUT2D eigenvalue weighted by Gasteiger charge is -2.32. The van der Waals surface area contributed by atoms with E-state index in [4.69, 9.17) is 19.9 Å². The Morgan fingerprint density at radius 2 is 1.97 bits per heavy atom. The van der Waals surface area contributed by atoms with E-state index in [9.17, 15) is 14.0 Å². The molecule has 0 amide bonds. The number of rotatable bonds is 5. The summed E-state index contributed by atoms with van der Waals surface area (Å²) in [6.07, 6.45) is 1.65. The summed E-state index contributed by atoms with van der Waals surface area (Å²) in [5.41, 5.74) is 8.02. The number of esters is 1. The van der Waals surface area contributed by atoms with Gasteiger partial charge in [0.05, 0.1) is 13.0 Å². The van der Waals surface area contributed by atoms with Crippen LogP contribution >= 0.6 is 0 Å². The van der Waals surface area contributed by atoms with Crippen molar-refractivity contribution in [2.24, 2.45) is 5.73 Å². The van der Waals surface area contributed by atoms with Crippen LogP contribution < -0.4 is 10.5 Å². The van der Waals surface area contributed by atoms with Crippen molar-refractivity contribution in [1.29, 1.82) is 0 Å². The lowest BCUT2D eigenvalue weighted by atomic mass is 9.77. The van der Waals surface area contributed by atoms with Gasteiger partial charge in [-0.25, -0.2) is 9.18 Å². The van der Waals surface area contributed by atoms with E-state index < -0.39 is 11.9 Å². The van der Waals surface area contributed by atoms with E-state index in [2.05, 4.69) is 0 Å². The quantitative estimate of drug-likeness (QED) is 0.735. The molecule has 0 saturated carbocycles. The van der Waals surface area contributed by atoms with Gasteiger partial charge in [0.2, 0.25) is 5.88 Å². The second-order valence-electron chi connectivity index (χ2n) is 7.41. The van der Waals surface area contributed by atoms with Crippen molar-refractivity contribution in [2.75, 3.05) is 7.11 Å². The molecule has 31 heavy (non-hydrogen) atoms. The molecule has 4 rings (SSSR count). The van der Waals surface area contributed by atoms with Gasteiger partial charge in [-0.3, -0.25) is 4.79 Å². The van der Waals surface area contributed by atoms with Crippen molar-refractivity contribution in [1.82, 2.24) is 0 Å². The van der Waals surface area contributed by atoms with E-state index in [1.165, 1.54) is 19.2 Å². The standard InChI is InChI=1S/C24H22FNO5/c1-29-24(28)22-20(21-18(27)6-3-7-19(21)31-23(22)26)15-8-10-17(11-9-15)30-13-14-4-2-5-16(25)12-14/h2,4-5,8-12,20H,3,6-7,13,26H2,1H3/t20-/m0/s1. The van der Waals surface area contributed by atoms with Crippen molar-refractivity contribution in [3.63, 3.8) is 0 Å². The van der Waals surface area contributed by atoms with Crippen LogP contribution in [-0.2, 0) is 25.7 Å². The Morgan fingerprint density at radius 1 is 1.19 bits per heavy atom. The first-order chi connectivity index (χ1) is 15.0. The van der Waals surface area contributed by atoms with Gasteiger partial charge in [-0.1, -0.05) is 24.3 Å². The van der Waals surface area contributed by atoms with E-state index in [-0.39, 0.29) is 29.7 Å². The lowest BCUT2D eigenvalue weighted by molar-refractivity contribution is -0.136. The molecule has 1 atom stereocenters. The van der Waals surface area contributed by atoms with Gasteiger partial charge in [0.15, 0.2) is 5.78 Å². The van der Waals surface area contributed by atoms with Crippen LogP contribution in [0.25, 0.3) is 0 Å². The van der Waals surface area contributed by atoms with Crippen LogP contribution in [0.1, 0.15) is 36.3 Å². The number of ketones is 1. The van der Waals surface area contributed by atoms with Crippen molar-refractivity contribution in [3.05, 3.63) is 88.3 Å². The van der Waals surface area contributed by atoms with Crippen molar-refractivity contribution in [2.45, 2.75) is 31.8 Å². The SMILES string of the molecule is COC(=O)C1=C(N)OC2=C(C(=O)CCC2)[C@@H]1c1ccc(OCc2cccc(F)c2)cc1. The number of Topliss-reactive ketones (excluding diaryl/α,β-unsaturated/α-hetero) is 1. The fourth-order valence-electron chi connectivity index (χ4n) is 3.95. The fourth-order valence-corrected chi connectivity index (χ4v) is 3.95. The summed E-state index contributed by atoms with van der Waals surface area (Å²) in [5.74, 6) is -0.654. The Hall–Kier alpha value is -3.61. The minimum absolute atomic E-state index is 0.0447. The van der Waals surface area contributed by atoms with E-state index >= 15 is 0 Å². The number of ether oxygens (including phenoxy) is 3. The van der Waals surface area contributed by atoms with Crippen LogP contribution in [0.5, 0.6) is 5.75 Å². The third-order valence-corrected chi connectivity index (χ3v) is 5.40. The number of nitrogens with two attached hydrogens (primary N) is 1. The average molecular weight is 423 g/mol. The Kier molecular flexibility index (Phi) is 5.75. The van der Waals surface area contributed by atoms with Gasteiger partial charge in [0, 0.05) is 18.4 Å². The summed E-state index contributed by atoms with van der Waals surface area (Å²) in [5, 5.41) is 0. The van der Waals surface area contributed by atoms with Crippen molar-refractivity contribution in [3.8, 4) is 5.75 Å². The predicted octanol–water partition coefficient (Wildman–Crippen LogP) is 3.87. The van der Waals surface area contributed by atoms with Gasteiger partial charge in [0.25, 0.3) is 0 Å². The molecule has 1 heterocycles. The Morgan fingerprint density at radius 3 is 2.68 bits per heavy atom. The predicted molar refractivity (Wildman–Crippen MR) is 110 cm³/mol. The maximum atomic E-state index is 13.3. The summed E-state index contributed by atoms with van der Waals surface area (Å²) >= 11 is 0. The molecular formula is C24H22FNO5. The molecule has 0 bridgehead atoms. The van der Waals surface area contributed by atoms with Crippen LogP contribution in [0.2, 0.25) is 0 Å². The van der Waals surface area contributed by atoms with E-state index in [1.807, 2.05) is 0 Å². The highest BCUT2D eigenvalue weighted by Gasteiger charge is 2.41. The minimum Gasteiger partial charge on any atom is -0.489 e. The number of carbonyl (C=O) groups is 2. The molecule has 0 unspecified atom stereocenters. The van der Waals surface area contributed by atoms with Crippen LogP contribution in [-0.4, -0.2) is 18.9 Å². The number of hydrogen-bond acceptors (Lipinski definition) is 6. The molecule has 1 aliphatic carbocycles. The number of carbonyl (C=O) groups excluding carboxylic acids is 2. The van der Waals surface area contributed by atoms with Crippen LogP contribution in [0.3, 0.4) is 0 Å². The molecular weight excluding hydrogens is 401 g/mol. The molecule has 2 N–H and O–H groups in total. The van der Waals surface area contributed by atoms with E-state index in [1.54, 1.807) is 36.4 Å². The first kappa shape index (κ1) is 20.7. The lowest BCUT2D eigenvalue weighted by Crippen LogP contribution is -2.31. The zero-order valence-corrected chi connectivity index (χ0v) is 17.0. The highest BCUT2D eigenvalue weighted by atomic mass is 19.1. The molecule has 0 spiro atoms. The fraction of sp³-hybridized carbons (Fsp3) is 0.250. The molecule has 7 heteroatoms. The minimum atomic E-state index is -0.665. The molecule has 2 aliphatic rings. The topological polar surface area (TPSA) is 87.9 Å². The number of methoxy groups -OCH3 is 1. The zero-order valence-electron chi connectivity index (χ0n) is 17.0. The molecule has 2 aromatic carbocycles. The highest BCUT2D eigenvalue weighted by molar-refractivity contribution is 6.03. The van der Waals surface area contributed by atoms with Gasteiger partial charge in [-0.05, 0) is 41.8 Å². The zero-order chi connectivity index (χ0) is 22.0. The van der Waals surface area contributed by atoms with Gasteiger partial charge >= 0.3 is 5.97 Å². The Balaban J connectivity index is 1.63. The first-order valence-electron chi connectivity index (χ1n) is 9.97. The second kappa shape index (κ2) is 8.63. The summed E-state index contributed by atoms with van der Waals surface area (Å²) < 4.78 is 29.6. The first-order valence-corrected chi connectivity index (χ1v) is 9.97. The van der Waals surface area contributed by atoms with Gasteiger partial charge in [-0.15, -0.1) is 0 Å². The summed E-state index contributed by atoms with van der Waals surface area (Å²) in [6.45, 7) is 0.211. The average Bonchev–Trinajstić information content (AvgIpc) is 2.77. The molecule has 1 aliphatic heterocycles. The second-order valence-corrected chi connectivity index (χ2v) is 7.41. The molecule has 0 radical (unpaired) electrons. The molecule has 160 valence electrons.